The molecule has 16 bridgehead atoms. The van der Waals surface area contributed by atoms with Crippen molar-refractivity contribution in [1.29, 1.82) is 0 Å². The van der Waals surface area contributed by atoms with Crippen LogP contribution in [0.5, 0.6) is 0 Å². The zero-order valence-electron chi connectivity index (χ0n) is 57.5. The smallest absolute Gasteiger partial charge is 0.123 e. The highest BCUT2D eigenvalue weighted by Crippen LogP contribution is 2.60. The highest BCUT2D eigenvalue weighted by atomic mass is 32.1. The van der Waals surface area contributed by atoms with Crippen LogP contribution in [0, 0.1) is 90.7 Å². The molecule has 5 aromatic carbocycles. The van der Waals surface area contributed by atoms with Crippen LogP contribution < -0.4 is 21.3 Å². The molecule has 0 amide bonds. The summed E-state index contributed by atoms with van der Waals surface area (Å²) < 4.78 is 13.2. The Labute approximate surface area is 559 Å². The molecule has 16 saturated carbocycles. The molecule has 16 fully saturated rings. The number of aryl methyl sites for hydroxylation is 2. The van der Waals surface area contributed by atoms with Crippen molar-refractivity contribution in [2.45, 2.75) is 255 Å². The van der Waals surface area contributed by atoms with Gasteiger partial charge in [-0.1, -0.05) is 130 Å². The molecule has 92 heavy (non-hydrogen) atoms. The quantitative estimate of drug-likeness (QED) is 0.0878. The molecule has 4 nitrogen and oxygen atoms in total. The van der Waals surface area contributed by atoms with E-state index in [9.17, 15) is 4.39 Å². The normalized spacial score (nSPS) is 35.8. The predicted octanol–water partition coefficient (Wildman–Crippen LogP) is 21.6. The van der Waals surface area contributed by atoms with Gasteiger partial charge in [0, 0.05) is 52.2 Å². The number of thiophene rings is 1. The summed E-state index contributed by atoms with van der Waals surface area (Å²) >= 11 is 1.84. The van der Waals surface area contributed by atoms with Gasteiger partial charge in [-0.15, -0.1) is 11.3 Å². The van der Waals surface area contributed by atoms with E-state index in [1.165, 1.54) is 209 Å². The van der Waals surface area contributed by atoms with Crippen LogP contribution in [0.1, 0.15) is 240 Å². The molecule has 22 rings (SSSR count). The molecule has 1 heterocycles. The molecule has 6 aromatic rings. The fraction of sp³-hybridized carbons (Fsp3) is 0.605. The molecule has 1 aromatic heterocycles. The maximum atomic E-state index is 13.2. The Hall–Kier alpha value is -4.43. The minimum absolute atomic E-state index is 0.124. The van der Waals surface area contributed by atoms with E-state index in [2.05, 4.69) is 177 Å². The van der Waals surface area contributed by atoms with Crippen LogP contribution in [0.3, 0.4) is 0 Å². The first kappa shape index (κ1) is 63.6. The van der Waals surface area contributed by atoms with Crippen LogP contribution in [0.2, 0.25) is 0 Å². The molecule has 0 spiro atoms. The summed E-state index contributed by atoms with van der Waals surface area (Å²) in [6, 6.07) is 46.8. The van der Waals surface area contributed by atoms with Gasteiger partial charge in [-0.25, -0.2) is 4.39 Å². The van der Waals surface area contributed by atoms with Gasteiger partial charge in [0.2, 0.25) is 0 Å². The van der Waals surface area contributed by atoms with Gasteiger partial charge in [-0.3, -0.25) is 0 Å². The first-order chi connectivity index (χ1) is 44.3. The van der Waals surface area contributed by atoms with E-state index in [1.807, 2.05) is 24.3 Å². The molecular formula is C86H113FN4S. The Morgan fingerprint density at radius 1 is 0.424 bits per heavy atom. The lowest BCUT2D eigenvalue weighted by Gasteiger charge is -2.58. The van der Waals surface area contributed by atoms with Crippen molar-refractivity contribution in [2.24, 2.45) is 71.0 Å². The highest BCUT2D eigenvalue weighted by molar-refractivity contribution is 7.13. The second-order valence-corrected chi connectivity index (χ2v) is 36.3. The van der Waals surface area contributed by atoms with Crippen molar-refractivity contribution < 1.29 is 4.39 Å². The van der Waals surface area contributed by atoms with Gasteiger partial charge in [0.05, 0.1) is 0 Å². The molecule has 16 aliphatic carbocycles. The average molecular weight is 1250 g/mol. The maximum Gasteiger partial charge on any atom is 0.123 e. The zero-order valence-corrected chi connectivity index (χ0v) is 58.3. The van der Waals surface area contributed by atoms with E-state index < -0.39 is 0 Å². The van der Waals surface area contributed by atoms with Gasteiger partial charge in [0.1, 0.15) is 5.82 Å². The largest absolute Gasteiger partial charge is 0.307 e. The Morgan fingerprint density at radius 2 is 0.793 bits per heavy atom. The Kier molecular flexibility index (Phi) is 17.9. The second-order valence-electron chi connectivity index (χ2n) is 35.3. The molecule has 0 saturated heterocycles. The SMILES string of the molecule is CC(NC12CC3CC(CC(C3)C1)C2)c1ccc(-c2ccccc2)cc1.CC(NC12CC3CC(CC(C3)C1)C2)c1ccc(C(C)(C)C)cc1.Cc1cc(F)ccc1CNC12CC3CC(CC(C3)C1)C2.Cc1csc(-c2ccc(CNC34CC5CC(CC(C5)C3)C4)cc2)c1. The van der Waals surface area contributed by atoms with E-state index in [1.54, 1.807) is 12.1 Å². The summed E-state index contributed by atoms with van der Waals surface area (Å²) in [7, 11) is 0. The van der Waals surface area contributed by atoms with Gasteiger partial charge in [-0.2, -0.15) is 0 Å². The van der Waals surface area contributed by atoms with Gasteiger partial charge in [0.25, 0.3) is 0 Å². The molecule has 0 aliphatic heterocycles. The van der Waals surface area contributed by atoms with E-state index in [0.717, 1.165) is 89.7 Å². The third kappa shape index (κ3) is 14.2. The molecular weight excluding hydrogens is 1140 g/mol. The number of rotatable bonds is 14. The summed E-state index contributed by atoms with van der Waals surface area (Å²) in [6.07, 6.45) is 35.1. The molecule has 2 atom stereocenters. The van der Waals surface area contributed by atoms with Crippen LogP contribution in [-0.2, 0) is 18.5 Å². The number of halogens is 1. The number of nitrogens with one attached hydrogen (secondary N) is 4. The van der Waals surface area contributed by atoms with Crippen LogP contribution in [0.25, 0.3) is 21.6 Å². The number of benzene rings is 5. The first-order valence-electron chi connectivity index (χ1n) is 37.5. The lowest BCUT2D eigenvalue weighted by molar-refractivity contribution is -0.0247. The summed E-state index contributed by atoms with van der Waals surface area (Å²) in [6.45, 7) is 17.7. The van der Waals surface area contributed by atoms with Crippen molar-refractivity contribution >= 4 is 11.3 Å². The Morgan fingerprint density at radius 3 is 1.17 bits per heavy atom. The van der Waals surface area contributed by atoms with E-state index in [-0.39, 0.29) is 11.2 Å². The van der Waals surface area contributed by atoms with Crippen LogP contribution in [-0.4, -0.2) is 22.2 Å². The van der Waals surface area contributed by atoms with Crippen LogP contribution in [0.15, 0.2) is 133 Å². The molecule has 6 heteroatoms. The van der Waals surface area contributed by atoms with E-state index in [0.29, 0.717) is 34.2 Å². The van der Waals surface area contributed by atoms with Crippen molar-refractivity contribution in [1.82, 2.24) is 21.3 Å². The number of hydrogen-bond acceptors (Lipinski definition) is 5. The van der Waals surface area contributed by atoms with E-state index >= 15 is 0 Å². The maximum absolute atomic E-state index is 13.2. The monoisotopic (exact) mass is 1250 g/mol. The lowest BCUT2D eigenvalue weighted by Crippen LogP contribution is -2.58. The van der Waals surface area contributed by atoms with Crippen molar-refractivity contribution in [3.05, 3.63) is 178 Å². The summed E-state index contributed by atoms with van der Waals surface area (Å²) in [5, 5.41) is 18.3. The average Bonchev–Trinajstić information content (AvgIpc) is 0.813. The van der Waals surface area contributed by atoms with Gasteiger partial charge >= 0.3 is 0 Å². The summed E-state index contributed by atoms with van der Waals surface area (Å²) in [4.78, 5) is 1.38. The lowest BCUT2D eigenvalue weighted by atomic mass is 9.53. The third-order valence-corrected chi connectivity index (χ3v) is 27.7. The first-order valence-corrected chi connectivity index (χ1v) is 38.4. The van der Waals surface area contributed by atoms with Crippen molar-refractivity contribution in [3.63, 3.8) is 0 Å². The Balaban J connectivity index is 0.000000102. The van der Waals surface area contributed by atoms with Crippen molar-refractivity contribution in [3.8, 4) is 21.6 Å². The molecule has 2 unspecified atom stereocenters. The second kappa shape index (κ2) is 25.9. The van der Waals surface area contributed by atoms with Crippen LogP contribution in [0.4, 0.5) is 4.39 Å². The van der Waals surface area contributed by atoms with Gasteiger partial charge in [-0.05, 0) is 337 Å². The standard InChI is InChI=1S/C24H29N.C22H27NS.C22H33N.C18H24FN/c1-17(21-7-9-23(10-8-21)22-5-3-2-4-6-22)25-24-14-18-11-19(15-24)13-20(12-18)16-24;1-15-6-21(24-14-15)20-4-2-16(3-5-20)13-23-22-10-17-7-18(11-22)9-19(8-17)12-22;1-15(19-5-7-20(8-6-19)21(2,3)4)23-22-12-16-9-17(13-22)11-18(10-16)14-22;1-12-4-17(19)3-2-16(12)11-20-18-8-13-5-14(9-18)7-15(6-13)10-18/h2-10,17-20,25H,11-16H2,1H3;2-6,14,17-19,23H,7-13H2,1H3;5-8,15-18,23H,9-14H2,1-4H3;2-4,13-15,20H,5-11H2,1H3. The number of hydrogen-bond donors (Lipinski definition) is 4. The fourth-order valence-electron chi connectivity index (χ4n) is 24.0. The molecule has 4 N–H and O–H groups in total. The molecule has 0 radical (unpaired) electrons. The minimum Gasteiger partial charge on any atom is -0.307 e. The predicted molar refractivity (Wildman–Crippen MR) is 383 cm³/mol. The van der Waals surface area contributed by atoms with Gasteiger partial charge in [0.15, 0.2) is 0 Å². The van der Waals surface area contributed by atoms with E-state index in [4.69, 9.17) is 0 Å². The highest BCUT2D eigenvalue weighted by Gasteiger charge is 2.54. The summed E-state index contributed by atoms with van der Waals surface area (Å²) in [5.41, 5.74) is 15.4. The van der Waals surface area contributed by atoms with Crippen LogP contribution >= 0.6 is 11.3 Å². The molecule has 16 aliphatic rings. The topological polar surface area (TPSA) is 48.1 Å². The van der Waals surface area contributed by atoms with Gasteiger partial charge < -0.3 is 21.3 Å². The molecule has 490 valence electrons. The fourth-order valence-corrected chi connectivity index (χ4v) is 24.9. The minimum atomic E-state index is -0.124. The Bertz CT molecular complexity index is 3320. The summed E-state index contributed by atoms with van der Waals surface area (Å²) in [5.74, 6) is 11.9. The zero-order chi connectivity index (χ0) is 63.0. The third-order valence-electron chi connectivity index (χ3n) is 26.6. The van der Waals surface area contributed by atoms with Crippen molar-refractivity contribution in [2.75, 3.05) is 0 Å².